The van der Waals surface area contributed by atoms with E-state index in [0.29, 0.717) is 6.42 Å². The van der Waals surface area contributed by atoms with Crippen LogP contribution in [-0.4, -0.2) is 51.8 Å². The molecule has 33 heavy (non-hydrogen) atoms. The summed E-state index contributed by atoms with van der Waals surface area (Å²) in [5.41, 5.74) is 9.10. The van der Waals surface area contributed by atoms with Gasteiger partial charge >= 0.3 is 5.97 Å². The van der Waals surface area contributed by atoms with Crippen LogP contribution >= 0.6 is 0 Å². The monoisotopic (exact) mass is 467 g/mol. The zero-order valence-electron chi connectivity index (χ0n) is 21.2. The van der Waals surface area contributed by atoms with Crippen molar-refractivity contribution >= 4 is 11.7 Å². The number of hydrogen-bond acceptors (Lipinski definition) is 7. The van der Waals surface area contributed by atoms with E-state index in [-0.39, 0.29) is 30.7 Å². The van der Waals surface area contributed by atoms with E-state index in [4.69, 9.17) is 20.0 Å². The Bertz CT molecular complexity index is 723. The highest BCUT2D eigenvalue weighted by molar-refractivity contribution is 6.01. The molecule has 2 rings (SSSR count). The molecule has 1 aromatic rings. The van der Waals surface area contributed by atoms with Gasteiger partial charge in [-0.25, -0.2) is 0 Å². The Hall–Kier alpha value is -2.45. The molecular weight excluding hydrogens is 425 g/mol. The van der Waals surface area contributed by atoms with Crippen LogP contribution in [0.2, 0.25) is 0 Å². The molecule has 0 fully saturated rings. The molecule has 3 N–H and O–H groups in total. The van der Waals surface area contributed by atoms with Gasteiger partial charge in [-0.2, -0.15) is 0 Å². The first-order valence-corrected chi connectivity index (χ1v) is 11.5. The predicted octanol–water partition coefficient (Wildman–Crippen LogP) is 4.52. The quantitative estimate of drug-likeness (QED) is 0.491. The number of benzene rings is 1. The number of halogens is 1. The van der Waals surface area contributed by atoms with Crippen molar-refractivity contribution in [3.8, 4) is 0 Å². The topological polar surface area (TPSA) is 95.2 Å². The molecule has 0 amide bonds. The first-order chi connectivity index (χ1) is 15.9. The number of alkyl halides is 1. The van der Waals surface area contributed by atoms with Gasteiger partial charge in [0, 0.05) is 38.6 Å². The average Bonchev–Trinajstić information content (AvgIpc) is 3.32. The van der Waals surface area contributed by atoms with Gasteiger partial charge in [-0.1, -0.05) is 56.3 Å². The molecule has 0 spiro atoms. The lowest BCUT2D eigenvalue weighted by atomic mass is 9.96. The van der Waals surface area contributed by atoms with Crippen LogP contribution in [0.4, 0.5) is 4.39 Å². The minimum absolute atomic E-state index is 0.195. The van der Waals surface area contributed by atoms with Crippen molar-refractivity contribution < 1.29 is 23.5 Å². The number of carbonyl (C=O) groups is 1. The van der Waals surface area contributed by atoms with Crippen LogP contribution in [0.15, 0.2) is 41.2 Å². The molecule has 1 aromatic carbocycles. The van der Waals surface area contributed by atoms with E-state index >= 15 is 0 Å². The fourth-order valence-corrected chi connectivity index (χ4v) is 2.96. The van der Waals surface area contributed by atoms with Crippen LogP contribution in [0, 0.1) is 5.92 Å². The molecule has 0 aliphatic carbocycles. The zero-order valence-corrected chi connectivity index (χ0v) is 21.2. The second-order valence-corrected chi connectivity index (χ2v) is 7.40. The molecule has 0 bridgehead atoms. The first-order valence-electron chi connectivity index (χ1n) is 11.5. The Morgan fingerprint density at radius 2 is 2.00 bits per heavy atom. The van der Waals surface area contributed by atoms with Crippen LogP contribution in [0.25, 0.3) is 0 Å². The molecular formula is C25H42FN3O4. The highest BCUT2D eigenvalue weighted by Gasteiger charge is 2.24. The third-order valence-corrected chi connectivity index (χ3v) is 4.83. The molecule has 8 heteroatoms. The van der Waals surface area contributed by atoms with Gasteiger partial charge in [0.1, 0.15) is 6.61 Å². The molecule has 0 unspecified atom stereocenters. The van der Waals surface area contributed by atoms with Gasteiger partial charge in [0.05, 0.1) is 18.5 Å². The summed E-state index contributed by atoms with van der Waals surface area (Å²) in [4.78, 5) is 16.1. The summed E-state index contributed by atoms with van der Waals surface area (Å²) >= 11 is 0. The molecule has 0 aromatic heterocycles. The Labute approximate surface area is 198 Å². The summed E-state index contributed by atoms with van der Waals surface area (Å²) < 4.78 is 23.2. The van der Waals surface area contributed by atoms with Crippen molar-refractivity contribution in [1.29, 1.82) is 0 Å². The van der Waals surface area contributed by atoms with Gasteiger partial charge < -0.3 is 25.4 Å². The maximum atomic E-state index is 12.9. The fraction of sp³-hybridized carbons (Fsp3) is 0.600. The predicted molar refractivity (Wildman–Crippen MR) is 132 cm³/mol. The Morgan fingerprint density at radius 1 is 1.36 bits per heavy atom. The Morgan fingerprint density at radius 3 is 2.48 bits per heavy atom. The van der Waals surface area contributed by atoms with E-state index in [0.717, 1.165) is 35.5 Å². The van der Waals surface area contributed by atoms with Gasteiger partial charge in [-0.3, -0.25) is 9.18 Å². The number of nitrogens with two attached hydrogens (primary N) is 1. The molecule has 1 aliphatic rings. The number of rotatable bonds is 10. The Kier molecular flexibility index (Phi) is 16.7. The standard InChI is InChI=1S/C17H22FNO4.C6H14N2.C2H6/c1-11(9-18)17(21-3)14-6-4-13(5-7-14)16-8-15(23-19-16)10-22-12(2)20;1-3-6(7)4-5-8-2;1-2/h4-7,11,15,17H,8-10H2,1-3H3;3,8H,4-5,7H2,1-2H3;1-2H3/b;6-3-;/t11-,15+,17+;;/m1../s1. The summed E-state index contributed by atoms with van der Waals surface area (Å²) in [7, 11) is 3.50. The molecule has 0 saturated carbocycles. The highest BCUT2D eigenvalue weighted by atomic mass is 19.1. The van der Waals surface area contributed by atoms with E-state index in [1.807, 2.05) is 65.1 Å². The lowest BCUT2D eigenvalue weighted by Crippen LogP contribution is -2.18. The van der Waals surface area contributed by atoms with Crippen molar-refractivity contribution in [3.05, 3.63) is 47.2 Å². The van der Waals surface area contributed by atoms with Crippen molar-refractivity contribution in [2.75, 3.05) is 34.0 Å². The van der Waals surface area contributed by atoms with Crippen LogP contribution in [0.1, 0.15) is 64.7 Å². The van der Waals surface area contributed by atoms with Gasteiger partial charge in [-0.15, -0.1) is 0 Å². The highest BCUT2D eigenvalue weighted by Crippen LogP contribution is 2.27. The number of methoxy groups -OCH3 is 1. The lowest BCUT2D eigenvalue weighted by Gasteiger charge is -2.20. The van der Waals surface area contributed by atoms with Gasteiger partial charge in [0.15, 0.2) is 6.10 Å². The third kappa shape index (κ3) is 11.8. The number of oxime groups is 1. The maximum absolute atomic E-state index is 12.9. The molecule has 7 nitrogen and oxygen atoms in total. The summed E-state index contributed by atoms with van der Waals surface area (Å²) in [5.74, 6) is -0.537. The van der Waals surface area contributed by atoms with E-state index in [1.54, 1.807) is 7.11 Å². The second kappa shape index (κ2) is 18.0. The van der Waals surface area contributed by atoms with Crippen LogP contribution in [0.3, 0.4) is 0 Å². The van der Waals surface area contributed by atoms with Crippen molar-refractivity contribution in [1.82, 2.24) is 5.32 Å². The van der Waals surface area contributed by atoms with Crippen LogP contribution in [-0.2, 0) is 19.1 Å². The number of nitrogens with one attached hydrogen (secondary N) is 1. The molecule has 0 saturated heterocycles. The van der Waals surface area contributed by atoms with Crippen molar-refractivity contribution in [3.63, 3.8) is 0 Å². The number of esters is 1. The molecule has 3 atom stereocenters. The van der Waals surface area contributed by atoms with Crippen molar-refractivity contribution in [2.24, 2.45) is 16.8 Å². The molecule has 0 radical (unpaired) electrons. The fourth-order valence-electron chi connectivity index (χ4n) is 2.96. The van der Waals surface area contributed by atoms with Crippen molar-refractivity contribution in [2.45, 2.75) is 59.7 Å². The van der Waals surface area contributed by atoms with E-state index < -0.39 is 6.67 Å². The zero-order chi connectivity index (χ0) is 25.2. The lowest BCUT2D eigenvalue weighted by molar-refractivity contribution is -0.144. The summed E-state index contributed by atoms with van der Waals surface area (Å²) in [6.45, 7) is 9.86. The van der Waals surface area contributed by atoms with Gasteiger partial charge in [-0.05, 0) is 31.5 Å². The largest absolute Gasteiger partial charge is 0.462 e. The average molecular weight is 468 g/mol. The normalized spacial score (nSPS) is 16.8. The van der Waals surface area contributed by atoms with Gasteiger partial charge in [0.2, 0.25) is 0 Å². The Balaban J connectivity index is 0.000000868. The number of allylic oxidation sites excluding steroid dienone is 1. The number of hydrogen-bond donors (Lipinski definition) is 2. The summed E-state index contributed by atoms with van der Waals surface area (Å²) in [5, 5.41) is 7.06. The van der Waals surface area contributed by atoms with Gasteiger partial charge in [0.25, 0.3) is 0 Å². The number of nitrogens with zero attached hydrogens (tertiary/aromatic N) is 1. The minimum atomic E-state index is -0.432. The SMILES string of the molecule is C/C=C(\N)CCNC.CC.CO[C@H](c1ccc(C2=NO[C@H](COC(C)=O)C2)cc1)[C@H](C)CF. The molecule has 1 aliphatic heterocycles. The summed E-state index contributed by atoms with van der Waals surface area (Å²) in [6, 6.07) is 7.67. The van der Waals surface area contributed by atoms with Crippen LogP contribution < -0.4 is 11.1 Å². The van der Waals surface area contributed by atoms with E-state index in [1.165, 1.54) is 6.92 Å². The summed E-state index contributed by atoms with van der Waals surface area (Å²) in [6.07, 6.45) is 2.95. The van der Waals surface area contributed by atoms with E-state index in [2.05, 4.69) is 10.5 Å². The first kappa shape index (κ1) is 30.6. The third-order valence-electron chi connectivity index (χ3n) is 4.83. The number of ether oxygens (including phenoxy) is 2. The van der Waals surface area contributed by atoms with E-state index in [9.17, 15) is 9.18 Å². The molecule has 1 heterocycles. The van der Waals surface area contributed by atoms with Crippen LogP contribution in [0.5, 0.6) is 0 Å². The smallest absolute Gasteiger partial charge is 0.302 e. The molecule has 188 valence electrons. The second-order valence-electron chi connectivity index (χ2n) is 7.40. The number of carbonyl (C=O) groups excluding carboxylic acids is 1. The maximum Gasteiger partial charge on any atom is 0.302 e. The minimum Gasteiger partial charge on any atom is -0.462 e.